The number of benzene rings is 1. The molecular weight excluding hydrogens is 233 g/mol. The summed E-state index contributed by atoms with van der Waals surface area (Å²) in [6, 6.07) is 4.86. The van der Waals surface area contributed by atoms with Gasteiger partial charge in [0.15, 0.2) is 0 Å². The zero-order valence-electron chi connectivity index (χ0n) is 10.5. The van der Waals surface area contributed by atoms with Gasteiger partial charge in [0, 0.05) is 24.6 Å². The standard InChI is InChI=1S/C14H18FNO2/c1-16-11-8-14(13-3-2-6-17-13)18-12-5-4-9(15)7-10(11)12/h4-5,7,11,13-14,16H,2-3,6,8H2,1H3. The molecule has 0 radical (unpaired) electrons. The smallest absolute Gasteiger partial charge is 0.127 e. The maximum Gasteiger partial charge on any atom is 0.127 e. The molecule has 1 N–H and O–H groups in total. The summed E-state index contributed by atoms with van der Waals surface area (Å²) >= 11 is 0. The van der Waals surface area contributed by atoms with Crippen molar-refractivity contribution in [1.29, 1.82) is 0 Å². The van der Waals surface area contributed by atoms with Gasteiger partial charge in [-0.1, -0.05) is 0 Å². The van der Waals surface area contributed by atoms with Crippen LogP contribution in [-0.4, -0.2) is 25.9 Å². The Kier molecular flexibility index (Phi) is 3.22. The summed E-state index contributed by atoms with van der Waals surface area (Å²) in [5.74, 6) is 0.565. The van der Waals surface area contributed by atoms with Gasteiger partial charge in [0.2, 0.25) is 0 Å². The zero-order valence-corrected chi connectivity index (χ0v) is 10.5. The van der Waals surface area contributed by atoms with E-state index in [9.17, 15) is 4.39 Å². The van der Waals surface area contributed by atoms with E-state index in [0.717, 1.165) is 37.2 Å². The van der Waals surface area contributed by atoms with Crippen LogP contribution in [0.15, 0.2) is 18.2 Å². The second-order valence-electron chi connectivity index (χ2n) is 4.97. The Morgan fingerprint density at radius 1 is 1.33 bits per heavy atom. The second-order valence-corrected chi connectivity index (χ2v) is 4.97. The van der Waals surface area contributed by atoms with Gasteiger partial charge in [0.25, 0.3) is 0 Å². The molecule has 1 fully saturated rings. The van der Waals surface area contributed by atoms with E-state index in [1.165, 1.54) is 6.07 Å². The molecular formula is C14H18FNO2. The fourth-order valence-electron chi connectivity index (χ4n) is 2.87. The molecule has 3 unspecified atom stereocenters. The van der Waals surface area contributed by atoms with Crippen LogP contribution in [0.5, 0.6) is 5.75 Å². The molecule has 18 heavy (non-hydrogen) atoms. The number of fused-ring (bicyclic) bond motifs is 1. The highest BCUT2D eigenvalue weighted by Crippen LogP contribution is 2.37. The first-order chi connectivity index (χ1) is 8.78. The van der Waals surface area contributed by atoms with Gasteiger partial charge in [-0.25, -0.2) is 4.39 Å². The molecule has 0 aliphatic carbocycles. The van der Waals surface area contributed by atoms with Crippen LogP contribution in [0.1, 0.15) is 30.9 Å². The SMILES string of the molecule is CNC1CC(C2CCCO2)Oc2ccc(F)cc21. The van der Waals surface area contributed by atoms with Crippen LogP contribution in [-0.2, 0) is 4.74 Å². The lowest BCUT2D eigenvalue weighted by molar-refractivity contribution is -0.00405. The summed E-state index contributed by atoms with van der Waals surface area (Å²) in [6.07, 6.45) is 3.24. The molecule has 4 heteroatoms. The topological polar surface area (TPSA) is 30.5 Å². The molecule has 0 spiro atoms. The Morgan fingerprint density at radius 3 is 2.94 bits per heavy atom. The van der Waals surface area contributed by atoms with Crippen LogP contribution in [0.4, 0.5) is 4.39 Å². The second kappa shape index (κ2) is 4.86. The summed E-state index contributed by atoms with van der Waals surface area (Å²) in [7, 11) is 1.90. The van der Waals surface area contributed by atoms with Gasteiger partial charge in [-0.3, -0.25) is 0 Å². The van der Waals surface area contributed by atoms with E-state index >= 15 is 0 Å². The summed E-state index contributed by atoms with van der Waals surface area (Å²) in [6.45, 7) is 0.824. The van der Waals surface area contributed by atoms with E-state index in [-0.39, 0.29) is 24.1 Å². The van der Waals surface area contributed by atoms with E-state index in [4.69, 9.17) is 9.47 Å². The molecule has 98 valence electrons. The van der Waals surface area contributed by atoms with Crippen molar-refractivity contribution in [3.63, 3.8) is 0 Å². The van der Waals surface area contributed by atoms with E-state index in [1.807, 2.05) is 7.05 Å². The summed E-state index contributed by atoms with van der Waals surface area (Å²) < 4.78 is 25.0. The first kappa shape index (κ1) is 11.9. The monoisotopic (exact) mass is 251 g/mol. The molecule has 0 saturated carbocycles. The summed E-state index contributed by atoms with van der Waals surface area (Å²) in [5.41, 5.74) is 0.909. The summed E-state index contributed by atoms with van der Waals surface area (Å²) in [4.78, 5) is 0. The predicted octanol–water partition coefficient (Wildman–Crippen LogP) is 2.42. The van der Waals surface area contributed by atoms with E-state index in [0.29, 0.717) is 0 Å². The van der Waals surface area contributed by atoms with Gasteiger partial charge in [-0.15, -0.1) is 0 Å². The fourth-order valence-corrected chi connectivity index (χ4v) is 2.87. The average Bonchev–Trinajstić information content (AvgIpc) is 2.91. The number of halogens is 1. The first-order valence-corrected chi connectivity index (χ1v) is 6.53. The van der Waals surface area contributed by atoms with E-state index in [1.54, 1.807) is 12.1 Å². The third kappa shape index (κ3) is 2.10. The molecule has 2 aliphatic heterocycles. The van der Waals surface area contributed by atoms with Crippen molar-refractivity contribution in [2.75, 3.05) is 13.7 Å². The van der Waals surface area contributed by atoms with Crippen molar-refractivity contribution < 1.29 is 13.9 Å². The molecule has 2 aliphatic rings. The number of rotatable bonds is 2. The number of hydrogen-bond acceptors (Lipinski definition) is 3. The predicted molar refractivity (Wildman–Crippen MR) is 66.2 cm³/mol. The quantitative estimate of drug-likeness (QED) is 0.875. The van der Waals surface area contributed by atoms with Crippen LogP contribution in [0.2, 0.25) is 0 Å². The Balaban J connectivity index is 1.86. The van der Waals surface area contributed by atoms with Crippen LogP contribution in [0.25, 0.3) is 0 Å². The third-order valence-electron chi connectivity index (χ3n) is 3.82. The van der Waals surface area contributed by atoms with Gasteiger partial charge in [-0.2, -0.15) is 0 Å². The highest BCUT2D eigenvalue weighted by molar-refractivity contribution is 5.38. The van der Waals surface area contributed by atoms with Crippen molar-refractivity contribution in [1.82, 2.24) is 5.32 Å². The molecule has 1 aromatic rings. The van der Waals surface area contributed by atoms with Crippen LogP contribution in [0.3, 0.4) is 0 Å². The first-order valence-electron chi connectivity index (χ1n) is 6.53. The maximum atomic E-state index is 13.3. The molecule has 3 atom stereocenters. The van der Waals surface area contributed by atoms with Crippen LogP contribution < -0.4 is 10.1 Å². The Labute approximate surface area is 106 Å². The van der Waals surface area contributed by atoms with Crippen LogP contribution >= 0.6 is 0 Å². The van der Waals surface area contributed by atoms with Crippen molar-refractivity contribution in [2.24, 2.45) is 0 Å². The lowest BCUT2D eigenvalue weighted by atomic mass is 9.93. The minimum Gasteiger partial charge on any atom is -0.487 e. The summed E-state index contributed by atoms with van der Waals surface area (Å²) in [5, 5.41) is 3.24. The fraction of sp³-hybridized carbons (Fsp3) is 0.571. The van der Waals surface area contributed by atoms with Crippen molar-refractivity contribution in [3.05, 3.63) is 29.6 Å². The molecule has 0 bridgehead atoms. The largest absolute Gasteiger partial charge is 0.487 e. The van der Waals surface area contributed by atoms with Crippen molar-refractivity contribution in [2.45, 2.75) is 37.5 Å². The number of hydrogen-bond donors (Lipinski definition) is 1. The Morgan fingerprint density at radius 2 is 2.22 bits per heavy atom. The molecule has 1 aromatic carbocycles. The lowest BCUT2D eigenvalue weighted by Gasteiger charge is -2.34. The highest BCUT2D eigenvalue weighted by atomic mass is 19.1. The molecule has 2 heterocycles. The molecule has 0 aromatic heterocycles. The highest BCUT2D eigenvalue weighted by Gasteiger charge is 2.35. The molecule has 1 saturated heterocycles. The minimum atomic E-state index is -0.215. The average molecular weight is 251 g/mol. The minimum absolute atomic E-state index is 0.0721. The van der Waals surface area contributed by atoms with Gasteiger partial charge >= 0.3 is 0 Å². The normalized spacial score (nSPS) is 30.9. The Bertz CT molecular complexity index is 432. The molecule has 0 amide bonds. The van der Waals surface area contributed by atoms with Crippen molar-refractivity contribution >= 4 is 0 Å². The van der Waals surface area contributed by atoms with Crippen LogP contribution in [0, 0.1) is 5.82 Å². The van der Waals surface area contributed by atoms with Gasteiger partial charge in [-0.05, 0) is 38.1 Å². The maximum absolute atomic E-state index is 13.3. The van der Waals surface area contributed by atoms with Crippen molar-refractivity contribution in [3.8, 4) is 5.75 Å². The number of nitrogens with one attached hydrogen (secondary N) is 1. The molecule has 3 rings (SSSR count). The lowest BCUT2D eigenvalue weighted by Crippen LogP contribution is -2.39. The van der Waals surface area contributed by atoms with E-state index in [2.05, 4.69) is 5.32 Å². The third-order valence-corrected chi connectivity index (χ3v) is 3.82. The van der Waals surface area contributed by atoms with Gasteiger partial charge in [0.1, 0.15) is 17.7 Å². The molecule has 3 nitrogen and oxygen atoms in total. The van der Waals surface area contributed by atoms with E-state index < -0.39 is 0 Å². The number of ether oxygens (including phenoxy) is 2. The van der Waals surface area contributed by atoms with Gasteiger partial charge in [0.05, 0.1) is 6.10 Å². The Hall–Kier alpha value is -1.13. The zero-order chi connectivity index (χ0) is 12.5. The van der Waals surface area contributed by atoms with Gasteiger partial charge < -0.3 is 14.8 Å².